The second-order valence-corrected chi connectivity index (χ2v) is 13.1. The highest BCUT2D eigenvalue weighted by Crippen LogP contribution is 2.66. The molecule has 12 heavy (non-hydrogen) atoms. The van der Waals surface area contributed by atoms with Crippen LogP contribution in [0.4, 0.5) is 0 Å². The molecule has 0 aromatic carbocycles. The summed E-state index contributed by atoms with van der Waals surface area (Å²) in [4.78, 5) is 11.5. The average Bonchev–Trinajstić information content (AvgIpc) is 1.92. The first kappa shape index (κ1) is 12.6. The highest BCUT2D eigenvalue weighted by Gasteiger charge is 2.67. The zero-order valence-electron chi connectivity index (χ0n) is 5.38. The Hall–Kier alpha value is 2.55. The second kappa shape index (κ2) is 3.54. The third kappa shape index (κ3) is 1.68. The van der Waals surface area contributed by atoms with E-state index in [4.69, 9.17) is 0 Å². The van der Waals surface area contributed by atoms with Crippen molar-refractivity contribution >= 4 is 101 Å². The van der Waals surface area contributed by atoms with Gasteiger partial charge in [0.15, 0.2) is 9.02 Å². The van der Waals surface area contributed by atoms with Gasteiger partial charge in [0.2, 0.25) is 0 Å². The van der Waals surface area contributed by atoms with E-state index in [0.29, 0.717) is 6.42 Å². The summed E-state index contributed by atoms with van der Waals surface area (Å²) in [5, 5.41) is 0. The number of hydrogen-bond donors (Lipinski definition) is 0. The van der Waals surface area contributed by atoms with Crippen molar-refractivity contribution in [3.63, 3.8) is 0 Å². The van der Waals surface area contributed by atoms with Crippen molar-refractivity contribution in [2.45, 2.75) is 16.1 Å². The Bertz CT molecular complexity index is 232. The van der Waals surface area contributed by atoms with Gasteiger partial charge in [-0.2, -0.15) is 0 Å². The fourth-order valence-electron chi connectivity index (χ4n) is 0.828. The minimum Gasteiger partial charge on any atom is -0.297 e. The van der Waals surface area contributed by atoms with Gasteiger partial charge in [0, 0.05) is 6.42 Å². The highest BCUT2D eigenvalue weighted by molar-refractivity contribution is 9.33. The number of rotatable bonds is 0. The second-order valence-electron chi connectivity index (χ2n) is 2.45. The van der Waals surface area contributed by atoms with Crippen molar-refractivity contribution in [1.82, 2.24) is 0 Å². The number of Topliss-reactive ketones (excluding diaryl/α,β-unsaturated/α-hetero) is 1. The van der Waals surface area contributed by atoms with Crippen LogP contribution in [0.1, 0.15) is 6.42 Å². The van der Waals surface area contributed by atoms with E-state index in [1.165, 1.54) is 0 Å². The molecular formula is C5H2Br6O. The van der Waals surface area contributed by atoms with Crippen LogP contribution in [0.3, 0.4) is 0 Å². The smallest absolute Gasteiger partial charge is 0.165 e. The van der Waals surface area contributed by atoms with E-state index < -0.39 is 9.70 Å². The van der Waals surface area contributed by atoms with Crippen molar-refractivity contribution in [3.05, 3.63) is 0 Å². The third-order valence-electron chi connectivity index (χ3n) is 1.59. The zero-order chi connectivity index (χ0) is 9.78. The molecule has 1 aliphatic rings. The van der Waals surface area contributed by atoms with Crippen LogP contribution < -0.4 is 0 Å². The SMILES string of the molecule is O=C1CC(Br)(Br)C(Br)(Br)C1(Br)Br. The molecule has 0 saturated heterocycles. The molecule has 0 spiro atoms. The maximum atomic E-state index is 11.5. The van der Waals surface area contributed by atoms with Gasteiger partial charge in [-0.15, -0.1) is 0 Å². The molecule has 0 heterocycles. The van der Waals surface area contributed by atoms with Gasteiger partial charge in [0.25, 0.3) is 0 Å². The Morgan fingerprint density at radius 3 is 1.50 bits per heavy atom. The standard InChI is InChI=1S/C5H2Br6O/c6-3(7)1-2(12)4(8,9)5(3,10)11/h1H2. The van der Waals surface area contributed by atoms with Crippen molar-refractivity contribution in [1.29, 1.82) is 0 Å². The summed E-state index contributed by atoms with van der Waals surface area (Å²) >= 11 is 20.3. The molecule has 1 saturated carbocycles. The molecule has 0 atom stereocenters. The van der Waals surface area contributed by atoms with E-state index in [1.54, 1.807) is 0 Å². The minimum absolute atomic E-state index is 0.0602. The summed E-state index contributed by atoms with van der Waals surface area (Å²) in [5.41, 5.74) is 0. The molecule has 70 valence electrons. The van der Waals surface area contributed by atoms with Crippen LogP contribution in [0.2, 0.25) is 0 Å². The van der Waals surface area contributed by atoms with Gasteiger partial charge < -0.3 is 0 Å². The lowest BCUT2D eigenvalue weighted by Gasteiger charge is -2.32. The molecule has 0 aromatic rings. The number of halogens is 6. The normalized spacial score (nSPS) is 30.7. The first-order valence-corrected chi connectivity index (χ1v) is 7.55. The van der Waals surface area contributed by atoms with Crippen LogP contribution in [-0.4, -0.2) is 15.5 Å². The van der Waals surface area contributed by atoms with Crippen LogP contribution in [0.25, 0.3) is 0 Å². The summed E-state index contributed by atoms with van der Waals surface area (Å²) in [6, 6.07) is 0. The van der Waals surface area contributed by atoms with Crippen LogP contribution >= 0.6 is 95.6 Å². The van der Waals surface area contributed by atoms with Crippen LogP contribution in [0.15, 0.2) is 0 Å². The zero-order valence-corrected chi connectivity index (χ0v) is 14.9. The monoisotopic (exact) mass is 552 g/mol. The Kier molecular flexibility index (Phi) is 3.72. The van der Waals surface area contributed by atoms with Crippen LogP contribution in [-0.2, 0) is 4.79 Å². The van der Waals surface area contributed by atoms with Crippen molar-refractivity contribution in [2.24, 2.45) is 0 Å². The fraction of sp³-hybridized carbons (Fsp3) is 0.800. The number of alkyl halides is 6. The summed E-state index contributed by atoms with van der Waals surface area (Å²) in [7, 11) is 0. The molecule has 0 amide bonds. The maximum Gasteiger partial charge on any atom is 0.165 e. The summed E-state index contributed by atoms with van der Waals surface area (Å²) in [6.45, 7) is 0. The van der Waals surface area contributed by atoms with Gasteiger partial charge in [0.1, 0.15) is 6.47 Å². The van der Waals surface area contributed by atoms with E-state index >= 15 is 0 Å². The Labute approximate surface area is 121 Å². The summed E-state index contributed by atoms with van der Waals surface area (Å²) < 4.78 is -1.88. The quantitative estimate of drug-likeness (QED) is 0.404. The first-order valence-electron chi connectivity index (χ1n) is 2.80. The number of ketones is 1. The molecule has 0 aliphatic heterocycles. The third-order valence-corrected chi connectivity index (χ3v) is 12.2. The van der Waals surface area contributed by atoms with E-state index in [0.717, 1.165) is 0 Å². The predicted octanol–water partition coefficient (Wildman–Crippen LogP) is 4.42. The minimum atomic E-state index is -0.792. The molecule has 0 unspecified atom stereocenters. The van der Waals surface area contributed by atoms with Gasteiger partial charge >= 0.3 is 0 Å². The summed E-state index contributed by atoms with van der Waals surface area (Å²) in [5.74, 6) is 0.0602. The van der Waals surface area contributed by atoms with Crippen molar-refractivity contribution in [3.8, 4) is 0 Å². The van der Waals surface area contributed by atoms with E-state index in [-0.39, 0.29) is 5.78 Å². The number of carbonyl (C=O) groups is 1. The lowest BCUT2D eigenvalue weighted by atomic mass is 10.3. The lowest BCUT2D eigenvalue weighted by molar-refractivity contribution is -0.117. The Morgan fingerprint density at radius 1 is 1.00 bits per heavy atom. The molecule has 0 bridgehead atoms. The summed E-state index contributed by atoms with van der Waals surface area (Å²) in [6.07, 6.45) is 0.375. The molecule has 1 nitrogen and oxygen atoms in total. The van der Waals surface area contributed by atoms with E-state index in [2.05, 4.69) is 95.6 Å². The topological polar surface area (TPSA) is 17.1 Å². The van der Waals surface area contributed by atoms with Gasteiger partial charge in [-0.1, -0.05) is 95.6 Å². The Morgan fingerprint density at radius 2 is 1.42 bits per heavy atom. The lowest BCUT2D eigenvalue weighted by Crippen LogP contribution is -2.41. The average molecular weight is 557 g/mol. The highest BCUT2D eigenvalue weighted by atomic mass is 79.9. The molecular weight excluding hydrogens is 555 g/mol. The van der Waals surface area contributed by atoms with Crippen LogP contribution in [0, 0.1) is 0 Å². The maximum absolute atomic E-state index is 11.5. The van der Waals surface area contributed by atoms with Crippen molar-refractivity contribution < 1.29 is 4.79 Å². The van der Waals surface area contributed by atoms with Gasteiger partial charge in [-0.05, 0) is 0 Å². The van der Waals surface area contributed by atoms with E-state index in [1.807, 2.05) is 0 Å². The Balaban J connectivity index is 3.19. The van der Waals surface area contributed by atoms with Crippen LogP contribution in [0.5, 0.6) is 0 Å². The first-order chi connectivity index (χ1) is 5.13. The number of carbonyl (C=O) groups excluding carboxylic acids is 1. The molecule has 7 heteroatoms. The molecule has 1 fully saturated rings. The fourth-order valence-corrected chi connectivity index (χ4v) is 4.68. The van der Waals surface area contributed by atoms with Gasteiger partial charge in [-0.25, -0.2) is 0 Å². The molecule has 0 radical (unpaired) electrons. The molecule has 1 rings (SSSR count). The molecule has 0 N–H and O–H groups in total. The van der Waals surface area contributed by atoms with Gasteiger partial charge in [-0.3, -0.25) is 4.79 Å². The van der Waals surface area contributed by atoms with E-state index in [9.17, 15) is 4.79 Å². The molecule has 0 aromatic heterocycles. The predicted molar refractivity (Wildman–Crippen MR) is 71.4 cm³/mol. The largest absolute Gasteiger partial charge is 0.297 e. The molecule has 1 aliphatic carbocycles. The van der Waals surface area contributed by atoms with Crippen molar-refractivity contribution in [2.75, 3.05) is 0 Å². The number of hydrogen-bond acceptors (Lipinski definition) is 1. The van der Waals surface area contributed by atoms with Gasteiger partial charge in [0.05, 0.1) is 0 Å².